The van der Waals surface area contributed by atoms with E-state index in [4.69, 9.17) is 5.73 Å². The summed E-state index contributed by atoms with van der Waals surface area (Å²) in [5.74, 6) is 0.778. The summed E-state index contributed by atoms with van der Waals surface area (Å²) in [6.45, 7) is 5.50. The Morgan fingerprint density at radius 2 is 1.89 bits per heavy atom. The van der Waals surface area contributed by atoms with Gasteiger partial charge in [-0.3, -0.25) is 0 Å². The predicted octanol–water partition coefficient (Wildman–Crippen LogP) is 2.52. The van der Waals surface area contributed by atoms with Crippen molar-refractivity contribution in [1.82, 2.24) is 9.97 Å². The van der Waals surface area contributed by atoms with Crippen LogP contribution in [0.2, 0.25) is 0 Å². The molecule has 0 bridgehead atoms. The molecule has 0 saturated carbocycles. The van der Waals surface area contributed by atoms with Gasteiger partial charge in [0, 0.05) is 12.1 Å². The molecule has 0 atom stereocenters. The van der Waals surface area contributed by atoms with Gasteiger partial charge in [0.15, 0.2) is 0 Å². The maximum atomic E-state index is 5.51. The highest BCUT2D eigenvalue weighted by molar-refractivity contribution is 5.73. The zero-order valence-electron chi connectivity index (χ0n) is 11.5. The Morgan fingerprint density at radius 3 is 2.58 bits per heavy atom. The van der Waals surface area contributed by atoms with Crippen molar-refractivity contribution in [1.29, 1.82) is 0 Å². The van der Waals surface area contributed by atoms with Gasteiger partial charge in [-0.1, -0.05) is 29.8 Å². The van der Waals surface area contributed by atoms with Gasteiger partial charge in [0.2, 0.25) is 0 Å². The van der Waals surface area contributed by atoms with E-state index in [9.17, 15) is 0 Å². The molecule has 1 aromatic heterocycles. The van der Waals surface area contributed by atoms with Crippen molar-refractivity contribution in [3.63, 3.8) is 0 Å². The number of hydrogen-bond donors (Lipinski definition) is 2. The minimum Gasteiger partial charge on any atom is -0.382 e. The zero-order valence-corrected chi connectivity index (χ0v) is 11.5. The topological polar surface area (TPSA) is 63.8 Å². The molecule has 2 aromatic rings. The number of hydrogen-bond acceptors (Lipinski definition) is 4. The molecule has 0 fully saturated rings. The molecule has 0 aliphatic carbocycles. The summed E-state index contributed by atoms with van der Waals surface area (Å²) in [5, 5.41) is 3.35. The van der Waals surface area contributed by atoms with Crippen LogP contribution in [0.25, 0.3) is 11.3 Å². The van der Waals surface area contributed by atoms with Crippen LogP contribution in [0.15, 0.2) is 30.5 Å². The Hall–Kier alpha value is -1.94. The molecule has 1 aromatic carbocycles. The Morgan fingerprint density at radius 1 is 1.16 bits per heavy atom. The van der Waals surface area contributed by atoms with Gasteiger partial charge < -0.3 is 11.1 Å². The number of aryl methyl sites for hydroxylation is 2. The standard InChI is InChI=1S/C15H20N4/c1-11-4-6-13(7-5-11)15-14(17-9-3-8-16)10-18-12(2)19-15/h4-7,10,17H,3,8-9,16H2,1-2H3. The van der Waals surface area contributed by atoms with Crippen molar-refractivity contribution in [3.8, 4) is 11.3 Å². The summed E-state index contributed by atoms with van der Waals surface area (Å²) >= 11 is 0. The molecule has 100 valence electrons. The van der Waals surface area contributed by atoms with E-state index < -0.39 is 0 Å². The number of nitrogens with zero attached hydrogens (tertiary/aromatic N) is 2. The highest BCUT2D eigenvalue weighted by Crippen LogP contribution is 2.25. The quantitative estimate of drug-likeness (QED) is 0.807. The first kappa shape index (κ1) is 13.5. The Bertz CT molecular complexity index is 534. The highest BCUT2D eigenvalue weighted by atomic mass is 15.0. The average molecular weight is 256 g/mol. The third-order valence-electron chi connectivity index (χ3n) is 2.93. The van der Waals surface area contributed by atoms with Crippen LogP contribution in [0.3, 0.4) is 0 Å². The first-order valence-corrected chi connectivity index (χ1v) is 6.55. The molecule has 0 saturated heterocycles. The minimum atomic E-state index is 0.680. The third-order valence-corrected chi connectivity index (χ3v) is 2.93. The average Bonchev–Trinajstić information content (AvgIpc) is 2.41. The molecule has 1 heterocycles. The maximum Gasteiger partial charge on any atom is 0.126 e. The third kappa shape index (κ3) is 3.51. The number of benzene rings is 1. The molecule has 0 unspecified atom stereocenters. The van der Waals surface area contributed by atoms with E-state index in [0.717, 1.165) is 35.7 Å². The normalized spacial score (nSPS) is 10.5. The van der Waals surface area contributed by atoms with Gasteiger partial charge in [0.1, 0.15) is 5.82 Å². The molecule has 4 heteroatoms. The predicted molar refractivity (Wildman–Crippen MR) is 79.1 cm³/mol. The number of nitrogens with one attached hydrogen (secondary N) is 1. The second-order valence-electron chi connectivity index (χ2n) is 4.61. The van der Waals surface area contributed by atoms with E-state index in [1.165, 1.54) is 5.56 Å². The van der Waals surface area contributed by atoms with Crippen molar-refractivity contribution in [2.24, 2.45) is 5.73 Å². The summed E-state index contributed by atoms with van der Waals surface area (Å²) in [4.78, 5) is 8.80. The molecule has 2 rings (SSSR count). The summed E-state index contributed by atoms with van der Waals surface area (Å²) < 4.78 is 0. The largest absolute Gasteiger partial charge is 0.382 e. The number of aromatic nitrogens is 2. The van der Waals surface area contributed by atoms with E-state index in [1.54, 1.807) is 0 Å². The van der Waals surface area contributed by atoms with Crippen LogP contribution in [-0.2, 0) is 0 Å². The zero-order chi connectivity index (χ0) is 13.7. The molecule has 0 spiro atoms. The van der Waals surface area contributed by atoms with E-state index in [-0.39, 0.29) is 0 Å². The van der Waals surface area contributed by atoms with Crippen LogP contribution in [0.1, 0.15) is 17.8 Å². The van der Waals surface area contributed by atoms with Crippen molar-refractivity contribution >= 4 is 5.69 Å². The Labute approximate surface area is 114 Å². The number of nitrogens with two attached hydrogens (primary N) is 1. The van der Waals surface area contributed by atoms with Gasteiger partial charge in [-0.15, -0.1) is 0 Å². The molecule has 0 aliphatic rings. The molecule has 19 heavy (non-hydrogen) atoms. The first-order valence-electron chi connectivity index (χ1n) is 6.55. The van der Waals surface area contributed by atoms with Gasteiger partial charge in [0.25, 0.3) is 0 Å². The van der Waals surface area contributed by atoms with Gasteiger partial charge in [-0.05, 0) is 26.8 Å². The summed E-state index contributed by atoms with van der Waals surface area (Å²) in [5.41, 5.74) is 9.77. The highest BCUT2D eigenvalue weighted by Gasteiger charge is 2.07. The fraction of sp³-hybridized carbons (Fsp3) is 0.333. The van der Waals surface area contributed by atoms with Crippen molar-refractivity contribution in [3.05, 3.63) is 41.9 Å². The lowest BCUT2D eigenvalue weighted by atomic mass is 10.1. The fourth-order valence-electron chi connectivity index (χ4n) is 1.86. The van der Waals surface area contributed by atoms with Crippen molar-refractivity contribution < 1.29 is 0 Å². The van der Waals surface area contributed by atoms with Crippen LogP contribution in [0.5, 0.6) is 0 Å². The monoisotopic (exact) mass is 256 g/mol. The van der Waals surface area contributed by atoms with Crippen LogP contribution in [0, 0.1) is 13.8 Å². The molecule has 0 radical (unpaired) electrons. The molecule has 0 aliphatic heterocycles. The lowest BCUT2D eigenvalue weighted by Gasteiger charge is -2.11. The van der Waals surface area contributed by atoms with Gasteiger partial charge in [-0.25, -0.2) is 9.97 Å². The summed E-state index contributed by atoms with van der Waals surface area (Å²) in [7, 11) is 0. The number of rotatable bonds is 5. The van der Waals surface area contributed by atoms with Crippen LogP contribution >= 0.6 is 0 Å². The van der Waals surface area contributed by atoms with Crippen molar-refractivity contribution in [2.45, 2.75) is 20.3 Å². The first-order chi connectivity index (χ1) is 9.20. The summed E-state index contributed by atoms with van der Waals surface area (Å²) in [6.07, 6.45) is 2.77. The molecular formula is C15H20N4. The van der Waals surface area contributed by atoms with E-state index in [2.05, 4.69) is 46.5 Å². The van der Waals surface area contributed by atoms with Crippen molar-refractivity contribution in [2.75, 3.05) is 18.4 Å². The molecule has 3 N–H and O–H groups in total. The Kier molecular flexibility index (Phi) is 4.47. The molecular weight excluding hydrogens is 236 g/mol. The SMILES string of the molecule is Cc1ccc(-c2nc(C)ncc2NCCCN)cc1. The van der Waals surface area contributed by atoms with E-state index in [1.807, 2.05) is 13.1 Å². The van der Waals surface area contributed by atoms with E-state index >= 15 is 0 Å². The second-order valence-corrected chi connectivity index (χ2v) is 4.61. The number of anilines is 1. The molecule has 0 amide bonds. The smallest absolute Gasteiger partial charge is 0.126 e. The van der Waals surface area contributed by atoms with Gasteiger partial charge in [0.05, 0.1) is 17.6 Å². The second kappa shape index (κ2) is 6.29. The van der Waals surface area contributed by atoms with Crippen LogP contribution < -0.4 is 11.1 Å². The molecule has 4 nitrogen and oxygen atoms in total. The van der Waals surface area contributed by atoms with E-state index in [0.29, 0.717) is 6.54 Å². The summed E-state index contributed by atoms with van der Waals surface area (Å²) in [6, 6.07) is 8.36. The lowest BCUT2D eigenvalue weighted by molar-refractivity contribution is 0.872. The van der Waals surface area contributed by atoms with Gasteiger partial charge in [-0.2, -0.15) is 0 Å². The lowest BCUT2D eigenvalue weighted by Crippen LogP contribution is -2.10. The van der Waals surface area contributed by atoms with Crippen LogP contribution in [-0.4, -0.2) is 23.1 Å². The fourth-order valence-corrected chi connectivity index (χ4v) is 1.86. The minimum absolute atomic E-state index is 0.680. The van der Waals surface area contributed by atoms with Gasteiger partial charge >= 0.3 is 0 Å². The maximum absolute atomic E-state index is 5.51. The Balaban J connectivity index is 2.31. The van der Waals surface area contributed by atoms with Crippen LogP contribution in [0.4, 0.5) is 5.69 Å².